The van der Waals surface area contributed by atoms with Crippen LogP contribution in [0, 0.1) is 10.8 Å². The lowest BCUT2D eigenvalue weighted by atomic mass is 9.80. The highest BCUT2D eigenvalue weighted by Gasteiger charge is 2.57. The van der Waals surface area contributed by atoms with Gasteiger partial charge in [0.15, 0.2) is 11.6 Å². The minimum atomic E-state index is -0.624. The van der Waals surface area contributed by atoms with E-state index in [2.05, 4.69) is 22.0 Å². The Morgan fingerprint density at radius 1 is 0.833 bits per heavy atom. The van der Waals surface area contributed by atoms with E-state index in [4.69, 9.17) is 33.2 Å². The quantitative estimate of drug-likeness (QED) is 0.157. The molecule has 2 aliphatic carbocycles. The van der Waals surface area contributed by atoms with Crippen molar-refractivity contribution < 1.29 is 19.5 Å². The monoisotopic (exact) mass is 771 g/mol. The highest BCUT2D eigenvalue weighted by Crippen LogP contribution is 2.63. The van der Waals surface area contributed by atoms with Gasteiger partial charge in [-0.05, 0) is 68.7 Å². The van der Waals surface area contributed by atoms with Crippen LogP contribution in [-0.2, 0) is 51.2 Å². The third-order valence-electron chi connectivity index (χ3n) is 12.9. The van der Waals surface area contributed by atoms with E-state index in [0.29, 0.717) is 50.6 Å². The second kappa shape index (κ2) is 14.2. The third-order valence-corrected chi connectivity index (χ3v) is 13.8. The molecule has 2 fully saturated rings. The fraction of sp³-hybridized carbons (Fsp3) is 0.488. The van der Waals surface area contributed by atoms with Gasteiger partial charge in [0, 0.05) is 82.1 Å². The van der Waals surface area contributed by atoms with Gasteiger partial charge in [-0.2, -0.15) is 0 Å². The summed E-state index contributed by atoms with van der Waals surface area (Å²) in [5, 5.41) is 13.6. The normalized spacial score (nSPS) is 22.3. The molecule has 2 aliphatic heterocycles. The first-order valence-corrected chi connectivity index (χ1v) is 19.8. The molecule has 1 amide bonds. The molecule has 0 radical (unpaired) electrons. The number of Topliss-reactive ketones (excluding diaryl/α,β-unsaturated/α-hetero) is 1. The van der Waals surface area contributed by atoms with Crippen LogP contribution in [0.3, 0.4) is 0 Å². The molecule has 2 aromatic heterocycles. The Balaban J connectivity index is 0.946. The number of carboxylic acid groups (broad SMARTS) is 1. The molecule has 4 heterocycles. The van der Waals surface area contributed by atoms with Gasteiger partial charge in [0.1, 0.15) is 0 Å². The van der Waals surface area contributed by atoms with E-state index in [-0.39, 0.29) is 23.5 Å². The summed E-state index contributed by atoms with van der Waals surface area (Å²) in [4.78, 5) is 53.5. The molecule has 8 rings (SSSR count). The average Bonchev–Trinajstić information content (AvgIpc) is 3.92. The number of benzene rings is 2. The predicted octanol–water partition coefficient (Wildman–Crippen LogP) is 6.97. The van der Waals surface area contributed by atoms with Crippen LogP contribution in [-0.4, -0.2) is 77.8 Å². The van der Waals surface area contributed by atoms with Crippen molar-refractivity contribution >= 4 is 46.5 Å². The number of carboxylic acids is 1. The van der Waals surface area contributed by atoms with E-state index in [9.17, 15) is 19.5 Å². The van der Waals surface area contributed by atoms with Gasteiger partial charge < -0.3 is 19.6 Å². The van der Waals surface area contributed by atoms with Gasteiger partial charge in [0.2, 0.25) is 5.78 Å². The number of fused-ring (bicyclic) bond motifs is 4. The number of aliphatic carboxylic acids is 1. The number of nitrogens with one attached hydrogen (secondary N) is 1. The number of carbonyl (C=O) groups excluding carboxylic acids is 2. The zero-order chi connectivity index (χ0) is 37.9. The molecule has 0 saturated heterocycles. The largest absolute Gasteiger partial charge is 0.481 e. The first-order chi connectivity index (χ1) is 25.9. The van der Waals surface area contributed by atoms with Gasteiger partial charge in [-0.1, -0.05) is 60.5 Å². The predicted molar refractivity (Wildman–Crippen MR) is 208 cm³/mol. The maximum atomic E-state index is 13.7. The number of imidazole rings is 2. The van der Waals surface area contributed by atoms with E-state index < -0.39 is 11.4 Å². The van der Waals surface area contributed by atoms with Crippen molar-refractivity contribution in [2.45, 2.75) is 77.8 Å². The summed E-state index contributed by atoms with van der Waals surface area (Å²) in [6.07, 6.45) is 7.13. The van der Waals surface area contributed by atoms with Crippen molar-refractivity contribution in [3.8, 4) is 11.1 Å². The van der Waals surface area contributed by atoms with Crippen molar-refractivity contribution in [2.24, 2.45) is 24.9 Å². The third kappa shape index (κ3) is 6.46. The Bertz CT molecular complexity index is 2170. The zero-order valence-corrected chi connectivity index (χ0v) is 32.7. The molecule has 0 atom stereocenters. The smallest absolute Gasteiger partial charge is 0.309 e. The summed E-state index contributed by atoms with van der Waals surface area (Å²) >= 11 is 14.0. The van der Waals surface area contributed by atoms with Gasteiger partial charge in [0.25, 0.3) is 5.91 Å². The molecule has 4 aliphatic rings. The summed E-state index contributed by atoms with van der Waals surface area (Å²) in [5.41, 5.74) is 6.07. The fourth-order valence-electron chi connectivity index (χ4n) is 9.62. The van der Waals surface area contributed by atoms with Crippen molar-refractivity contribution in [1.82, 2.24) is 28.9 Å². The number of likely N-dealkylation sites (N-methyl/N-ethyl adjacent to an activating group) is 1. The van der Waals surface area contributed by atoms with Crippen molar-refractivity contribution in [3.05, 3.63) is 86.4 Å². The van der Waals surface area contributed by atoms with E-state index in [1.165, 1.54) is 0 Å². The van der Waals surface area contributed by atoms with E-state index in [0.717, 1.165) is 107 Å². The Morgan fingerprint density at radius 2 is 1.44 bits per heavy atom. The molecular formula is C41H47Cl2N7O4. The number of anilines is 1. The molecule has 11 nitrogen and oxygen atoms in total. The van der Waals surface area contributed by atoms with Crippen LogP contribution in [0.2, 0.25) is 10.0 Å². The van der Waals surface area contributed by atoms with Crippen molar-refractivity contribution in [3.63, 3.8) is 0 Å². The number of amides is 1. The van der Waals surface area contributed by atoms with Gasteiger partial charge in [-0.25, -0.2) is 9.97 Å². The Hall–Kier alpha value is -4.03. The van der Waals surface area contributed by atoms with Crippen LogP contribution in [0.15, 0.2) is 36.4 Å². The first kappa shape index (κ1) is 36.9. The SMILES string of the molecule is CCN1CCc2c(nc(C(=O)Cc3cccc(-c4cccc(NC(=O)c5nc6c(n5C)CCN(CCC57CCC(C(=O)O)(CC5)C7)C6)c4Cl)c3Cl)n2C)C1. The van der Waals surface area contributed by atoms with Crippen LogP contribution in [0.4, 0.5) is 5.69 Å². The highest BCUT2D eigenvalue weighted by atomic mass is 35.5. The Labute approximate surface area is 325 Å². The van der Waals surface area contributed by atoms with Gasteiger partial charge in [-0.3, -0.25) is 24.2 Å². The molecule has 0 unspecified atom stereocenters. The molecule has 284 valence electrons. The van der Waals surface area contributed by atoms with Crippen molar-refractivity contribution in [2.75, 3.05) is 31.5 Å². The number of nitrogens with zero attached hydrogens (tertiary/aromatic N) is 6. The van der Waals surface area contributed by atoms with Crippen LogP contribution in [0.1, 0.15) is 95.0 Å². The summed E-state index contributed by atoms with van der Waals surface area (Å²) in [5.74, 6) is -0.325. The summed E-state index contributed by atoms with van der Waals surface area (Å²) in [6, 6.07) is 11.0. The second-order valence-corrected chi connectivity index (χ2v) is 16.7. The standard InChI is InChI=1S/C41H47Cl2N7O4/c1-4-49-18-11-31-29(22-49)44-36(47(31)2)33(51)21-25-7-5-8-26(34(25)42)27-9-6-10-28(35(27)43)46-38(52)37-45-30-23-50(19-12-32(30)48(37)3)20-17-40-13-15-41(24-40,16-14-40)39(53)54/h5-10H,4,11-24H2,1-3H3,(H,46,52)(H,53,54). The van der Waals surface area contributed by atoms with E-state index >= 15 is 0 Å². The molecule has 2 N–H and O–H groups in total. The molecule has 54 heavy (non-hydrogen) atoms. The Morgan fingerprint density at radius 3 is 2.11 bits per heavy atom. The number of hydrogen-bond donors (Lipinski definition) is 2. The number of hydrogen-bond acceptors (Lipinski definition) is 7. The topological polar surface area (TPSA) is 126 Å². The number of halogens is 2. The first-order valence-electron chi connectivity index (χ1n) is 19.1. The van der Waals surface area contributed by atoms with E-state index in [1.807, 2.05) is 53.6 Å². The molecule has 4 aromatic rings. The summed E-state index contributed by atoms with van der Waals surface area (Å²) in [6.45, 7) is 7.20. The minimum Gasteiger partial charge on any atom is -0.481 e. The van der Waals surface area contributed by atoms with Crippen LogP contribution < -0.4 is 5.32 Å². The number of ketones is 1. The molecule has 2 saturated carbocycles. The highest BCUT2D eigenvalue weighted by molar-refractivity contribution is 6.39. The lowest BCUT2D eigenvalue weighted by molar-refractivity contribution is -0.148. The average molecular weight is 773 g/mol. The van der Waals surface area contributed by atoms with Crippen LogP contribution in [0.5, 0.6) is 0 Å². The number of rotatable bonds is 11. The Kier molecular flexibility index (Phi) is 9.73. The molecule has 13 heteroatoms. The number of carbonyl (C=O) groups is 3. The zero-order valence-electron chi connectivity index (χ0n) is 31.2. The minimum absolute atomic E-state index is 0.0927. The molecule has 2 aromatic carbocycles. The van der Waals surface area contributed by atoms with Gasteiger partial charge in [0.05, 0.1) is 32.5 Å². The molecule has 0 spiro atoms. The van der Waals surface area contributed by atoms with Crippen molar-refractivity contribution in [1.29, 1.82) is 0 Å². The maximum Gasteiger partial charge on any atom is 0.309 e. The lowest BCUT2D eigenvalue weighted by Crippen LogP contribution is -2.34. The maximum absolute atomic E-state index is 13.7. The fourth-order valence-corrected chi connectivity index (χ4v) is 10.2. The van der Waals surface area contributed by atoms with E-state index in [1.54, 1.807) is 6.07 Å². The van der Waals surface area contributed by atoms with Crippen LogP contribution >= 0.6 is 23.2 Å². The van der Waals surface area contributed by atoms with Gasteiger partial charge >= 0.3 is 5.97 Å². The van der Waals surface area contributed by atoms with Crippen LogP contribution in [0.25, 0.3) is 11.1 Å². The second-order valence-electron chi connectivity index (χ2n) is 15.9. The number of aromatic nitrogens is 4. The lowest BCUT2D eigenvalue weighted by Gasteiger charge is -2.32. The molecule has 2 bridgehead atoms. The molecular weight excluding hydrogens is 725 g/mol. The summed E-state index contributed by atoms with van der Waals surface area (Å²) in [7, 11) is 3.79. The van der Waals surface area contributed by atoms with Gasteiger partial charge in [-0.15, -0.1) is 0 Å². The summed E-state index contributed by atoms with van der Waals surface area (Å²) < 4.78 is 3.81.